The van der Waals surface area contributed by atoms with E-state index >= 15 is 0 Å². The van der Waals surface area contributed by atoms with E-state index in [0.717, 1.165) is 48.0 Å². The lowest BCUT2D eigenvalue weighted by Crippen LogP contribution is -2.52. The summed E-state index contributed by atoms with van der Waals surface area (Å²) in [6, 6.07) is 9.73. The molecule has 4 rings (SSSR count). The zero-order valence-corrected chi connectivity index (χ0v) is 21.4. The van der Waals surface area contributed by atoms with Crippen molar-refractivity contribution < 1.29 is 18.8 Å². The number of nitrogens with one attached hydrogen (secondary N) is 1. The molecule has 1 aliphatic rings. The van der Waals surface area contributed by atoms with Crippen molar-refractivity contribution >= 4 is 5.82 Å². The standard InChI is InChI=1S/C26H35FN6O3/c1-17-15-33(11-10-32(17)9-8-27)24-13-23(25-18(2)31-36-19(25)3)29-26(30-24)20-6-5-7-22(12-20)35-16-21(34)14-28-4/h5-7,12-13,17,21,28,34H,8-11,14-16H2,1-4H3. The minimum absolute atomic E-state index is 0.177. The number of halogens is 1. The molecule has 1 saturated heterocycles. The van der Waals surface area contributed by atoms with Gasteiger partial charge in [-0.05, 0) is 40.0 Å². The van der Waals surface area contributed by atoms with E-state index in [2.05, 4.69) is 27.2 Å². The van der Waals surface area contributed by atoms with Gasteiger partial charge in [-0.2, -0.15) is 0 Å². The van der Waals surface area contributed by atoms with Crippen LogP contribution in [0.2, 0.25) is 0 Å². The molecule has 0 bridgehead atoms. The van der Waals surface area contributed by atoms with E-state index in [-0.39, 0.29) is 19.3 Å². The SMILES string of the molecule is CNCC(O)COc1cccc(-c2nc(-c3c(C)noc3C)cc(N3CCN(CCF)C(C)C3)n2)c1. The molecule has 3 aromatic rings. The Kier molecular flexibility index (Phi) is 8.50. The number of nitrogens with zero attached hydrogens (tertiary/aromatic N) is 5. The topological polar surface area (TPSA) is 99.8 Å². The minimum Gasteiger partial charge on any atom is -0.491 e. The number of likely N-dealkylation sites (N-methyl/N-ethyl adjacent to an activating group) is 1. The predicted molar refractivity (Wildman–Crippen MR) is 137 cm³/mol. The summed E-state index contributed by atoms with van der Waals surface area (Å²) in [5.41, 5.74) is 3.15. The number of hydrogen-bond acceptors (Lipinski definition) is 9. The van der Waals surface area contributed by atoms with Crippen molar-refractivity contribution in [3.8, 4) is 28.4 Å². The smallest absolute Gasteiger partial charge is 0.162 e. The number of ether oxygens (including phenoxy) is 1. The van der Waals surface area contributed by atoms with Crippen LogP contribution in [0.25, 0.3) is 22.6 Å². The molecule has 2 N–H and O–H groups in total. The van der Waals surface area contributed by atoms with E-state index < -0.39 is 6.10 Å². The highest BCUT2D eigenvalue weighted by Crippen LogP contribution is 2.32. The minimum atomic E-state index is -0.609. The second-order valence-corrected chi connectivity index (χ2v) is 9.20. The van der Waals surface area contributed by atoms with E-state index in [1.807, 2.05) is 44.2 Å². The van der Waals surface area contributed by atoms with Crippen molar-refractivity contribution in [3.05, 3.63) is 41.8 Å². The Morgan fingerprint density at radius 2 is 2.08 bits per heavy atom. The monoisotopic (exact) mass is 498 g/mol. The number of aryl methyl sites for hydroxylation is 2. The molecular weight excluding hydrogens is 463 g/mol. The molecule has 0 radical (unpaired) electrons. The molecule has 2 aromatic heterocycles. The number of rotatable bonds is 10. The zero-order valence-electron chi connectivity index (χ0n) is 21.4. The summed E-state index contributed by atoms with van der Waals surface area (Å²) < 4.78 is 24.2. The van der Waals surface area contributed by atoms with Gasteiger partial charge in [-0.1, -0.05) is 17.3 Å². The highest BCUT2D eigenvalue weighted by molar-refractivity contribution is 5.71. The molecule has 0 saturated carbocycles. The summed E-state index contributed by atoms with van der Waals surface area (Å²) >= 11 is 0. The second-order valence-electron chi connectivity index (χ2n) is 9.20. The van der Waals surface area contributed by atoms with Crippen molar-refractivity contribution in [3.63, 3.8) is 0 Å². The summed E-state index contributed by atoms with van der Waals surface area (Å²) in [7, 11) is 1.78. The van der Waals surface area contributed by atoms with Crippen molar-refractivity contribution in [2.75, 3.05) is 58.0 Å². The van der Waals surface area contributed by atoms with Crippen LogP contribution >= 0.6 is 0 Å². The van der Waals surface area contributed by atoms with Gasteiger partial charge >= 0.3 is 0 Å². The van der Waals surface area contributed by atoms with Crippen LogP contribution in [0.1, 0.15) is 18.4 Å². The van der Waals surface area contributed by atoms with Gasteiger partial charge in [0.05, 0.1) is 17.0 Å². The molecule has 1 aromatic carbocycles. The Morgan fingerprint density at radius 1 is 1.25 bits per heavy atom. The summed E-state index contributed by atoms with van der Waals surface area (Å²) in [5, 5.41) is 17.0. The number of aliphatic hydroxyl groups excluding tert-OH is 1. The number of hydrogen-bond donors (Lipinski definition) is 2. The zero-order chi connectivity index (χ0) is 25.7. The van der Waals surface area contributed by atoms with Crippen molar-refractivity contribution in [1.82, 2.24) is 25.3 Å². The van der Waals surface area contributed by atoms with Crippen LogP contribution in [0, 0.1) is 13.8 Å². The van der Waals surface area contributed by atoms with E-state index in [1.165, 1.54) is 0 Å². The first kappa shape index (κ1) is 26.0. The number of aliphatic hydroxyl groups is 1. The Balaban J connectivity index is 1.68. The van der Waals surface area contributed by atoms with Crippen LogP contribution in [0.5, 0.6) is 5.75 Å². The first-order chi connectivity index (χ1) is 17.4. The normalized spacial score (nSPS) is 17.4. The van der Waals surface area contributed by atoms with Crippen LogP contribution < -0.4 is 15.0 Å². The molecule has 194 valence electrons. The van der Waals surface area contributed by atoms with Crippen LogP contribution in [0.15, 0.2) is 34.9 Å². The second kappa shape index (κ2) is 11.8. The first-order valence-electron chi connectivity index (χ1n) is 12.3. The quantitative estimate of drug-likeness (QED) is 0.437. The Labute approximate surface area is 211 Å². The molecule has 0 amide bonds. The van der Waals surface area contributed by atoms with Gasteiger partial charge in [0.15, 0.2) is 5.82 Å². The summed E-state index contributed by atoms with van der Waals surface area (Å²) in [5.74, 6) is 2.68. The van der Waals surface area contributed by atoms with Crippen LogP contribution in [0.4, 0.5) is 10.2 Å². The van der Waals surface area contributed by atoms with Gasteiger partial charge in [-0.3, -0.25) is 4.90 Å². The summed E-state index contributed by atoms with van der Waals surface area (Å²) in [6.07, 6.45) is -0.609. The van der Waals surface area contributed by atoms with Crippen molar-refractivity contribution in [2.24, 2.45) is 0 Å². The largest absolute Gasteiger partial charge is 0.491 e. The van der Waals surface area contributed by atoms with Gasteiger partial charge in [0.1, 0.15) is 36.7 Å². The predicted octanol–water partition coefficient (Wildman–Crippen LogP) is 2.85. The average molecular weight is 499 g/mol. The van der Waals surface area contributed by atoms with Gasteiger partial charge in [0, 0.05) is 50.4 Å². The molecule has 10 heteroatoms. The maximum Gasteiger partial charge on any atom is 0.162 e. The Bertz CT molecular complexity index is 1140. The highest BCUT2D eigenvalue weighted by Gasteiger charge is 2.26. The molecule has 1 fully saturated rings. The lowest BCUT2D eigenvalue weighted by molar-refractivity contribution is 0.108. The number of piperazine rings is 1. The van der Waals surface area contributed by atoms with Crippen LogP contribution in [-0.4, -0.2) is 90.3 Å². The van der Waals surface area contributed by atoms with Crippen molar-refractivity contribution in [2.45, 2.75) is 32.9 Å². The molecule has 0 spiro atoms. The Morgan fingerprint density at radius 3 is 2.78 bits per heavy atom. The third-order valence-electron chi connectivity index (χ3n) is 6.44. The Hall–Kier alpha value is -3.08. The van der Waals surface area contributed by atoms with Gasteiger partial charge in [-0.15, -0.1) is 0 Å². The molecule has 1 aliphatic heterocycles. The maximum absolute atomic E-state index is 12.9. The van der Waals surface area contributed by atoms with E-state index in [4.69, 9.17) is 19.2 Å². The van der Waals surface area contributed by atoms with Crippen LogP contribution in [-0.2, 0) is 0 Å². The van der Waals surface area contributed by atoms with Crippen LogP contribution in [0.3, 0.4) is 0 Å². The number of aromatic nitrogens is 3. The van der Waals surface area contributed by atoms with E-state index in [0.29, 0.717) is 30.4 Å². The highest BCUT2D eigenvalue weighted by atomic mass is 19.1. The summed E-state index contributed by atoms with van der Waals surface area (Å²) in [4.78, 5) is 14.2. The van der Waals surface area contributed by atoms with Gasteiger partial charge in [0.25, 0.3) is 0 Å². The number of alkyl halides is 1. The maximum atomic E-state index is 12.9. The third kappa shape index (κ3) is 6.00. The fourth-order valence-corrected chi connectivity index (χ4v) is 4.56. The van der Waals surface area contributed by atoms with E-state index in [1.54, 1.807) is 7.05 Å². The molecule has 2 atom stereocenters. The molecule has 36 heavy (non-hydrogen) atoms. The fourth-order valence-electron chi connectivity index (χ4n) is 4.56. The van der Waals surface area contributed by atoms with E-state index in [9.17, 15) is 9.50 Å². The molecule has 3 heterocycles. The molecule has 9 nitrogen and oxygen atoms in total. The number of benzene rings is 1. The van der Waals surface area contributed by atoms with Gasteiger partial charge in [0.2, 0.25) is 0 Å². The van der Waals surface area contributed by atoms with Gasteiger partial charge < -0.3 is 24.6 Å². The summed E-state index contributed by atoms with van der Waals surface area (Å²) in [6.45, 7) is 8.87. The lowest BCUT2D eigenvalue weighted by Gasteiger charge is -2.40. The molecule has 0 aliphatic carbocycles. The molecule has 2 unspecified atom stereocenters. The first-order valence-corrected chi connectivity index (χ1v) is 12.3. The lowest BCUT2D eigenvalue weighted by atomic mass is 10.1. The van der Waals surface area contributed by atoms with Crippen molar-refractivity contribution in [1.29, 1.82) is 0 Å². The molecular formula is C26H35FN6O3. The third-order valence-corrected chi connectivity index (χ3v) is 6.44. The number of anilines is 1. The van der Waals surface area contributed by atoms with Gasteiger partial charge in [-0.25, -0.2) is 14.4 Å². The fraction of sp³-hybridized carbons (Fsp3) is 0.500. The average Bonchev–Trinajstić information content (AvgIpc) is 3.22.